The maximum absolute atomic E-state index is 5.01. The Morgan fingerprint density at radius 3 is 2.22 bits per heavy atom. The van der Waals surface area contributed by atoms with Crippen molar-refractivity contribution < 1.29 is 0 Å². The molecule has 170 valence electrons. The van der Waals surface area contributed by atoms with E-state index in [9.17, 15) is 0 Å². The first-order valence-corrected chi connectivity index (χ1v) is 12.4. The Morgan fingerprint density at radius 2 is 1.39 bits per heavy atom. The Labute approximate surface area is 208 Å². The van der Waals surface area contributed by atoms with Gasteiger partial charge in [0.1, 0.15) is 0 Å². The fourth-order valence-electron chi connectivity index (χ4n) is 6.28. The first-order valence-electron chi connectivity index (χ1n) is 12.4. The third-order valence-corrected chi connectivity index (χ3v) is 7.67. The lowest BCUT2D eigenvalue weighted by Crippen LogP contribution is -2.11. The normalized spacial score (nSPS) is 12.2. The summed E-state index contributed by atoms with van der Waals surface area (Å²) in [7, 11) is 4.30. The number of pyridine rings is 2. The molecular formula is C33H23N3. The molecule has 0 aliphatic carbocycles. The first-order chi connectivity index (χ1) is 17.7. The lowest BCUT2D eigenvalue weighted by atomic mass is 9.93. The molecule has 0 aliphatic rings. The van der Waals surface area contributed by atoms with E-state index in [1.807, 2.05) is 6.20 Å². The van der Waals surface area contributed by atoms with Gasteiger partial charge in [0.25, 0.3) is 0 Å². The number of hydrogen-bond donors (Lipinski definition) is 0. The molecule has 0 fully saturated rings. The smallest absolute Gasteiger partial charge is 0.0823 e. The first kappa shape index (κ1) is 19.7. The van der Waals surface area contributed by atoms with Gasteiger partial charge in [0.2, 0.25) is 0 Å². The zero-order chi connectivity index (χ0) is 24.0. The molecule has 36 heavy (non-hydrogen) atoms. The fourth-order valence-corrected chi connectivity index (χ4v) is 6.28. The van der Waals surface area contributed by atoms with Crippen LogP contribution < -0.4 is 4.90 Å². The summed E-state index contributed by atoms with van der Waals surface area (Å²) in [5.41, 5.74) is 8.48. The van der Waals surface area contributed by atoms with Crippen molar-refractivity contribution in [1.29, 1.82) is 0 Å². The van der Waals surface area contributed by atoms with Crippen molar-refractivity contribution in [1.82, 2.24) is 9.38 Å². The highest BCUT2D eigenvalue weighted by Gasteiger charge is 2.24. The monoisotopic (exact) mass is 461 g/mol. The van der Waals surface area contributed by atoms with Gasteiger partial charge in [0, 0.05) is 47.2 Å². The topological polar surface area (TPSA) is 20.5 Å². The summed E-state index contributed by atoms with van der Waals surface area (Å²) in [6.07, 6.45) is 1.96. The van der Waals surface area contributed by atoms with Crippen LogP contribution in [0.2, 0.25) is 0 Å². The molecule has 8 rings (SSSR count). The molecule has 0 atom stereocenters. The Morgan fingerprint density at radius 1 is 0.639 bits per heavy atom. The molecule has 0 bridgehead atoms. The molecule has 3 heterocycles. The standard InChI is InChI=1S/C33H23N3/c1-35(2)31-23-13-7-6-12-21(23)18-26-30-28-22(16-17-34-30)19-25(20-10-4-3-5-11-20)29-24-14-8-9-15-27(24)36(32(26)31)33(28)29/h3-19H,1-2H3. The third-order valence-electron chi connectivity index (χ3n) is 7.67. The van der Waals surface area contributed by atoms with Crippen LogP contribution in [0.25, 0.3) is 70.9 Å². The molecular weight excluding hydrogens is 438 g/mol. The van der Waals surface area contributed by atoms with Crippen LogP contribution in [0.5, 0.6) is 0 Å². The summed E-state index contributed by atoms with van der Waals surface area (Å²) in [5.74, 6) is 0. The van der Waals surface area contributed by atoms with Crippen molar-refractivity contribution in [3.8, 4) is 11.1 Å². The van der Waals surface area contributed by atoms with Gasteiger partial charge in [-0.2, -0.15) is 0 Å². The number of benzene rings is 5. The van der Waals surface area contributed by atoms with E-state index in [1.54, 1.807) is 0 Å². The fraction of sp³-hybridized carbons (Fsp3) is 0.0606. The van der Waals surface area contributed by atoms with Crippen LogP contribution in [0.4, 0.5) is 5.69 Å². The molecule has 0 amide bonds. The highest BCUT2D eigenvalue weighted by atomic mass is 15.1. The Kier molecular flexibility index (Phi) is 3.80. The minimum absolute atomic E-state index is 1.07. The molecule has 3 heteroatoms. The number of fused-ring (bicyclic) bond motifs is 7. The number of aromatic nitrogens is 2. The minimum atomic E-state index is 1.07. The molecule has 0 saturated carbocycles. The number of para-hydroxylation sites is 1. The van der Waals surface area contributed by atoms with E-state index in [0.29, 0.717) is 0 Å². The third kappa shape index (κ3) is 2.39. The molecule has 0 N–H and O–H groups in total. The largest absolute Gasteiger partial charge is 0.375 e. The maximum Gasteiger partial charge on any atom is 0.0823 e. The minimum Gasteiger partial charge on any atom is -0.375 e. The van der Waals surface area contributed by atoms with Crippen LogP contribution in [-0.4, -0.2) is 23.5 Å². The van der Waals surface area contributed by atoms with Gasteiger partial charge in [-0.1, -0.05) is 72.8 Å². The van der Waals surface area contributed by atoms with E-state index >= 15 is 0 Å². The van der Waals surface area contributed by atoms with E-state index in [-0.39, 0.29) is 0 Å². The van der Waals surface area contributed by atoms with Gasteiger partial charge in [-0.05, 0) is 46.2 Å². The van der Waals surface area contributed by atoms with Gasteiger partial charge in [-0.25, -0.2) is 0 Å². The van der Waals surface area contributed by atoms with Crippen LogP contribution >= 0.6 is 0 Å². The second kappa shape index (κ2) is 6.96. The van der Waals surface area contributed by atoms with Crippen LogP contribution in [0, 0.1) is 0 Å². The van der Waals surface area contributed by atoms with Gasteiger partial charge in [-0.3, -0.25) is 4.98 Å². The van der Waals surface area contributed by atoms with Crippen molar-refractivity contribution in [2.45, 2.75) is 0 Å². The van der Waals surface area contributed by atoms with Gasteiger partial charge in [0.05, 0.1) is 27.8 Å². The number of nitrogens with zero attached hydrogens (tertiary/aromatic N) is 3. The zero-order valence-corrected chi connectivity index (χ0v) is 20.2. The lowest BCUT2D eigenvalue weighted by Gasteiger charge is -2.22. The zero-order valence-electron chi connectivity index (χ0n) is 20.2. The van der Waals surface area contributed by atoms with Crippen LogP contribution in [0.15, 0.2) is 103 Å². The SMILES string of the molecule is CN(C)c1c2ccccc2cc2c3nccc4cc(-c5ccccc5)c5c6ccccc6n(c12)c5c43. The van der Waals surface area contributed by atoms with Crippen molar-refractivity contribution in [3.05, 3.63) is 103 Å². The van der Waals surface area contributed by atoms with Crippen LogP contribution in [0.3, 0.4) is 0 Å². The molecule has 8 aromatic rings. The Bertz CT molecular complexity index is 2120. The lowest BCUT2D eigenvalue weighted by molar-refractivity contribution is 1.14. The average molecular weight is 462 g/mol. The quantitative estimate of drug-likeness (QED) is 0.191. The van der Waals surface area contributed by atoms with Gasteiger partial charge < -0.3 is 9.30 Å². The van der Waals surface area contributed by atoms with E-state index in [0.717, 1.165) is 5.52 Å². The van der Waals surface area contributed by atoms with Crippen LogP contribution in [0.1, 0.15) is 0 Å². The van der Waals surface area contributed by atoms with Gasteiger partial charge >= 0.3 is 0 Å². The number of hydrogen-bond acceptors (Lipinski definition) is 2. The summed E-state index contributed by atoms with van der Waals surface area (Å²) in [5, 5.41) is 8.69. The molecule has 0 spiro atoms. The average Bonchev–Trinajstić information content (AvgIpc) is 3.27. The summed E-state index contributed by atoms with van der Waals surface area (Å²) >= 11 is 0. The van der Waals surface area contributed by atoms with Gasteiger partial charge in [0.15, 0.2) is 0 Å². The van der Waals surface area contributed by atoms with E-state index < -0.39 is 0 Å². The van der Waals surface area contributed by atoms with E-state index in [2.05, 4.69) is 120 Å². The number of anilines is 1. The predicted molar refractivity (Wildman–Crippen MR) is 154 cm³/mol. The van der Waals surface area contributed by atoms with Crippen molar-refractivity contribution in [3.63, 3.8) is 0 Å². The highest BCUT2D eigenvalue weighted by molar-refractivity contribution is 6.33. The number of rotatable bonds is 2. The van der Waals surface area contributed by atoms with Crippen molar-refractivity contribution in [2.24, 2.45) is 0 Å². The van der Waals surface area contributed by atoms with Crippen molar-refractivity contribution >= 4 is 65.5 Å². The molecule has 0 unspecified atom stereocenters. The molecule has 0 aliphatic heterocycles. The van der Waals surface area contributed by atoms with E-state index in [1.165, 1.54) is 71.1 Å². The Hall–Kier alpha value is -4.63. The van der Waals surface area contributed by atoms with Gasteiger partial charge in [-0.15, -0.1) is 0 Å². The summed E-state index contributed by atoms with van der Waals surface area (Å²) < 4.78 is 2.51. The summed E-state index contributed by atoms with van der Waals surface area (Å²) in [6, 6.07) is 35.1. The molecule has 0 saturated heterocycles. The van der Waals surface area contributed by atoms with Crippen LogP contribution in [-0.2, 0) is 0 Å². The highest BCUT2D eigenvalue weighted by Crippen LogP contribution is 2.47. The molecule has 3 aromatic heterocycles. The predicted octanol–water partition coefficient (Wildman–Crippen LogP) is 8.27. The molecule has 3 nitrogen and oxygen atoms in total. The second-order valence-corrected chi connectivity index (χ2v) is 9.86. The van der Waals surface area contributed by atoms with Crippen molar-refractivity contribution in [2.75, 3.05) is 19.0 Å². The van der Waals surface area contributed by atoms with E-state index in [4.69, 9.17) is 4.98 Å². The molecule has 5 aromatic carbocycles. The summed E-state index contributed by atoms with van der Waals surface area (Å²) in [4.78, 5) is 7.27. The molecule has 0 radical (unpaired) electrons. The maximum atomic E-state index is 5.01. The summed E-state index contributed by atoms with van der Waals surface area (Å²) in [6.45, 7) is 0. The second-order valence-electron chi connectivity index (χ2n) is 9.86. The Balaban J connectivity index is 1.78.